The number of ether oxygens (including phenoxy) is 2. The van der Waals surface area contributed by atoms with Gasteiger partial charge in [-0.2, -0.15) is 0 Å². The zero-order chi connectivity index (χ0) is 16.9. The molecule has 0 unspecified atom stereocenters. The van der Waals surface area contributed by atoms with Gasteiger partial charge in [-0.1, -0.05) is 6.07 Å². The van der Waals surface area contributed by atoms with Crippen LogP contribution in [-0.4, -0.2) is 29.1 Å². The normalized spacial score (nSPS) is 12.1. The van der Waals surface area contributed by atoms with Gasteiger partial charge in [0.2, 0.25) is 6.79 Å². The highest BCUT2D eigenvalue weighted by Crippen LogP contribution is 2.32. The molecule has 8 nitrogen and oxygen atoms in total. The van der Waals surface area contributed by atoms with E-state index in [2.05, 4.69) is 26.1 Å². The summed E-state index contributed by atoms with van der Waals surface area (Å²) in [5.41, 5.74) is 1.04. The fourth-order valence-corrected chi connectivity index (χ4v) is 2.15. The molecule has 0 saturated heterocycles. The Kier molecular flexibility index (Phi) is 4.64. The lowest BCUT2D eigenvalue weighted by Gasteiger charge is -2.10. The molecule has 0 bridgehead atoms. The van der Waals surface area contributed by atoms with E-state index in [0.717, 1.165) is 17.1 Å². The average Bonchev–Trinajstić information content (AvgIpc) is 3.01. The first kappa shape index (κ1) is 15.9. The number of amides is 2. The molecule has 2 heterocycles. The molecule has 0 spiro atoms. The van der Waals surface area contributed by atoms with Gasteiger partial charge in [0.05, 0.1) is 0 Å². The Morgan fingerprint density at radius 2 is 1.88 bits per heavy atom. The highest BCUT2D eigenvalue weighted by atomic mass is 16.7. The maximum Gasteiger partial charge on any atom is 0.320 e. The van der Waals surface area contributed by atoms with Crippen molar-refractivity contribution in [3.8, 4) is 11.5 Å². The Bertz CT molecular complexity index is 718. The standard InChI is InChI=1S/C16H19N5O3/c1-10(2)18-16(22)19-15-6-5-14(20-21-15)17-8-11-3-4-12-13(7-11)24-9-23-12/h3-7,10H,8-9H2,1-2H3,(H,17,20)(H2,18,19,21,22). The highest BCUT2D eigenvalue weighted by Gasteiger charge is 2.13. The number of urea groups is 1. The summed E-state index contributed by atoms with van der Waals surface area (Å²) in [6, 6.07) is 8.96. The van der Waals surface area contributed by atoms with Gasteiger partial charge >= 0.3 is 6.03 Å². The van der Waals surface area contributed by atoms with E-state index in [1.807, 2.05) is 32.0 Å². The summed E-state index contributed by atoms with van der Waals surface area (Å²) in [6.45, 7) is 4.60. The molecule has 3 N–H and O–H groups in total. The van der Waals surface area contributed by atoms with E-state index >= 15 is 0 Å². The van der Waals surface area contributed by atoms with Gasteiger partial charge in [0.1, 0.15) is 5.82 Å². The monoisotopic (exact) mass is 329 g/mol. The van der Waals surface area contributed by atoms with Crippen LogP contribution in [0.15, 0.2) is 30.3 Å². The summed E-state index contributed by atoms with van der Waals surface area (Å²) in [4.78, 5) is 11.6. The molecular formula is C16H19N5O3. The molecule has 1 aromatic carbocycles. The van der Waals surface area contributed by atoms with Gasteiger partial charge in [-0.3, -0.25) is 5.32 Å². The minimum Gasteiger partial charge on any atom is -0.454 e. The summed E-state index contributed by atoms with van der Waals surface area (Å²) in [7, 11) is 0. The van der Waals surface area contributed by atoms with Crippen molar-refractivity contribution in [3.05, 3.63) is 35.9 Å². The zero-order valence-electron chi connectivity index (χ0n) is 13.5. The van der Waals surface area contributed by atoms with Crippen molar-refractivity contribution in [2.45, 2.75) is 26.4 Å². The lowest BCUT2D eigenvalue weighted by Crippen LogP contribution is -2.34. The summed E-state index contributed by atoms with van der Waals surface area (Å²) in [5.74, 6) is 2.51. The van der Waals surface area contributed by atoms with Crippen LogP contribution in [0.1, 0.15) is 19.4 Å². The van der Waals surface area contributed by atoms with Crippen LogP contribution in [0.2, 0.25) is 0 Å². The van der Waals surface area contributed by atoms with E-state index in [1.165, 1.54) is 0 Å². The molecule has 0 atom stereocenters. The van der Waals surface area contributed by atoms with Crippen LogP contribution < -0.4 is 25.4 Å². The van der Waals surface area contributed by atoms with Crippen molar-refractivity contribution in [3.63, 3.8) is 0 Å². The Hall–Kier alpha value is -3.03. The van der Waals surface area contributed by atoms with E-state index in [-0.39, 0.29) is 18.9 Å². The number of rotatable bonds is 5. The summed E-state index contributed by atoms with van der Waals surface area (Å²) in [5, 5.41) is 16.5. The lowest BCUT2D eigenvalue weighted by atomic mass is 10.2. The Morgan fingerprint density at radius 3 is 2.62 bits per heavy atom. The Labute approximate surface area is 139 Å². The fraction of sp³-hybridized carbons (Fsp3) is 0.312. The maximum atomic E-state index is 11.6. The predicted octanol–water partition coefficient (Wildman–Crippen LogP) is 2.35. The summed E-state index contributed by atoms with van der Waals surface area (Å²) >= 11 is 0. The third kappa shape index (κ3) is 4.03. The van der Waals surface area contributed by atoms with Crippen LogP contribution in [0.3, 0.4) is 0 Å². The SMILES string of the molecule is CC(C)NC(=O)Nc1ccc(NCc2ccc3c(c2)OCO3)nn1. The number of aromatic nitrogens is 2. The van der Waals surface area contributed by atoms with Crippen LogP contribution in [0.25, 0.3) is 0 Å². The average molecular weight is 329 g/mol. The molecule has 0 aliphatic carbocycles. The number of nitrogens with zero attached hydrogens (tertiary/aromatic N) is 2. The minimum atomic E-state index is -0.305. The molecular weight excluding hydrogens is 310 g/mol. The molecule has 24 heavy (non-hydrogen) atoms. The third-order valence-electron chi connectivity index (χ3n) is 3.24. The van der Waals surface area contributed by atoms with E-state index in [4.69, 9.17) is 9.47 Å². The number of hydrogen-bond donors (Lipinski definition) is 3. The van der Waals surface area contributed by atoms with E-state index in [1.54, 1.807) is 12.1 Å². The molecule has 1 aromatic heterocycles. The Balaban J connectivity index is 1.53. The summed E-state index contributed by atoms with van der Waals surface area (Å²) < 4.78 is 10.6. The number of carbonyl (C=O) groups is 1. The van der Waals surface area contributed by atoms with Crippen molar-refractivity contribution >= 4 is 17.7 Å². The molecule has 1 aliphatic rings. The number of carbonyl (C=O) groups excluding carboxylic acids is 1. The largest absolute Gasteiger partial charge is 0.454 e. The second-order valence-electron chi connectivity index (χ2n) is 5.60. The quantitative estimate of drug-likeness (QED) is 0.779. The highest BCUT2D eigenvalue weighted by molar-refractivity contribution is 5.88. The third-order valence-corrected chi connectivity index (χ3v) is 3.24. The van der Waals surface area contributed by atoms with Crippen LogP contribution in [0.5, 0.6) is 11.5 Å². The number of nitrogens with one attached hydrogen (secondary N) is 3. The van der Waals surface area contributed by atoms with Crippen LogP contribution in [-0.2, 0) is 6.54 Å². The van der Waals surface area contributed by atoms with Gasteiger partial charge in [-0.05, 0) is 43.7 Å². The molecule has 0 saturated carbocycles. The van der Waals surface area contributed by atoms with E-state index in [9.17, 15) is 4.79 Å². The molecule has 3 rings (SSSR count). The first-order valence-electron chi connectivity index (χ1n) is 7.64. The lowest BCUT2D eigenvalue weighted by molar-refractivity contribution is 0.174. The summed E-state index contributed by atoms with van der Waals surface area (Å²) in [6.07, 6.45) is 0. The van der Waals surface area contributed by atoms with Gasteiger partial charge in [0, 0.05) is 12.6 Å². The molecule has 2 amide bonds. The minimum absolute atomic E-state index is 0.0561. The Morgan fingerprint density at radius 1 is 1.12 bits per heavy atom. The zero-order valence-corrected chi connectivity index (χ0v) is 13.5. The molecule has 126 valence electrons. The van der Waals surface area contributed by atoms with Crippen molar-refractivity contribution in [2.24, 2.45) is 0 Å². The van der Waals surface area contributed by atoms with E-state index in [0.29, 0.717) is 18.2 Å². The van der Waals surface area contributed by atoms with Gasteiger partial charge in [-0.25, -0.2) is 4.79 Å². The van der Waals surface area contributed by atoms with Gasteiger partial charge in [0.15, 0.2) is 17.3 Å². The first-order chi connectivity index (χ1) is 11.6. The van der Waals surface area contributed by atoms with Crippen molar-refractivity contribution < 1.29 is 14.3 Å². The first-order valence-corrected chi connectivity index (χ1v) is 7.64. The van der Waals surface area contributed by atoms with Crippen molar-refractivity contribution in [1.29, 1.82) is 0 Å². The number of anilines is 2. The van der Waals surface area contributed by atoms with Gasteiger partial charge in [0.25, 0.3) is 0 Å². The predicted molar refractivity (Wildman–Crippen MR) is 89.2 cm³/mol. The van der Waals surface area contributed by atoms with Crippen molar-refractivity contribution in [2.75, 3.05) is 17.4 Å². The number of fused-ring (bicyclic) bond motifs is 1. The van der Waals surface area contributed by atoms with Gasteiger partial charge < -0.3 is 20.1 Å². The van der Waals surface area contributed by atoms with Crippen molar-refractivity contribution in [1.82, 2.24) is 15.5 Å². The van der Waals surface area contributed by atoms with Gasteiger partial charge in [-0.15, -0.1) is 10.2 Å². The number of hydrogen-bond acceptors (Lipinski definition) is 6. The number of benzene rings is 1. The molecule has 8 heteroatoms. The second kappa shape index (κ2) is 7.03. The second-order valence-corrected chi connectivity index (χ2v) is 5.60. The smallest absolute Gasteiger partial charge is 0.320 e. The van der Waals surface area contributed by atoms with Crippen LogP contribution >= 0.6 is 0 Å². The van der Waals surface area contributed by atoms with Crippen LogP contribution in [0.4, 0.5) is 16.4 Å². The maximum absolute atomic E-state index is 11.6. The molecule has 2 aromatic rings. The molecule has 0 radical (unpaired) electrons. The topological polar surface area (TPSA) is 97.4 Å². The molecule has 1 aliphatic heterocycles. The fourth-order valence-electron chi connectivity index (χ4n) is 2.15. The van der Waals surface area contributed by atoms with Crippen LogP contribution in [0, 0.1) is 0 Å². The van der Waals surface area contributed by atoms with E-state index < -0.39 is 0 Å². The molecule has 0 fully saturated rings.